The first-order chi connectivity index (χ1) is 22.4. The number of ether oxygens (including phenoxy) is 4. The van der Waals surface area contributed by atoms with E-state index in [1.54, 1.807) is 77.5 Å². The minimum Gasteiger partial charge on any atom is -0.497 e. The van der Waals surface area contributed by atoms with Gasteiger partial charge in [-0.3, -0.25) is 29.9 Å². The van der Waals surface area contributed by atoms with Crippen LogP contribution in [0.5, 0.6) is 23.0 Å². The van der Waals surface area contributed by atoms with Crippen LogP contribution >= 0.6 is 0 Å². The van der Waals surface area contributed by atoms with Crippen LogP contribution in [0, 0.1) is 13.8 Å². The van der Waals surface area contributed by atoms with Gasteiger partial charge >= 0.3 is 0 Å². The number of pyridine rings is 6. The second-order valence-corrected chi connectivity index (χ2v) is 9.76. The number of hydrogen-bond acceptors (Lipinski definition) is 10. The Bertz CT molecular complexity index is 1630. The van der Waals surface area contributed by atoms with Gasteiger partial charge in [0.1, 0.15) is 23.0 Å². The Morgan fingerprint density at radius 3 is 0.766 bits per heavy atom. The molecule has 0 atom stereocenters. The van der Waals surface area contributed by atoms with Gasteiger partial charge in [-0.15, -0.1) is 0 Å². The van der Waals surface area contributed by atoms with Crippen molar-refractivity contribution in [2.24, 2.45) is 0 Å². The molecule has 11 heteroatoms. The summed E-state index contributed by atoms with van der Waals surface area (Å²) in [6.45, 7) is 4.11. The molecule has 242 valence electrons. The standard InChI is InChI=1S/2C12H12N2O2.C12H12N2.Os/c2*1-15-9-3-5-13-11(7-9)12-8-10(16-2)4-6-14-12;1-9-3-5-13-11(7-9)12-8-10(2)4-6-14-12;/h2*3-8H,1-2H3;3-8H,1-2H3;. The van der Waals surface area contributed by atoms with Gasteiger partial charge < -0.3 is 18.9 Å². The van der Waals surface area contributed by atoms with Crippen molar-refractivity contribution < 1.29 is 38.7 Å². The third kappa shape index (κ3) is 10.9. The molecule has 0 bridgehead atoms. The van der Waals surface area contributed by atoms with Gasteiger partial charge in [0.05, 0.1) is 62.6 Å². The normalized spacial score (nSPS) is 9.74. The molecule has 0 aromatic carbocycles. The first-order valence-corrected chi connectivity index (χ1v) is 14.3. The summed E-state index contributed by atoms with van der Waals surface area (Å²) in [7, 11) is 6.49. The zero-order valence-electron chi connectivity index (χ0n) is 27.1. The van der Waals surface area contributed by atoms with Gasteiger partial charge in [0.2, 0.25) is 0 Å². The zero-order valence-corrected chi connectivity index (χ0v) is 29.6. The Kier molecular flexibility index (Phi) is 14.4. The summed E-state index contributed by atoms with van der Waals surface area (Å²) in [5.41, 5.74) is 7.34. The number of nitrogens with zero attached hydrogens (tertiary/aromatic N) is 6. The Hall–Kier alpha value is -5.26. The SMILES string of the molecule is COc1ccnc(-c2cc(OC)ccn2)c1.COc1ccnc(-c2cc(OC)ccn2)c1.Cc1ccnc(-c2cc(C)ccn2)c1.[Os]. The van der Waals surface area contributed by atoms with E-state index in [0.29, 0.717) is 0 Å². The summed E-state index contributed by atoms with van der Waals surface area (Å²) in [5, 5.41) is 0. The molecule has 0 amide bonds. The first kappa shape index (κ1) is 36.2. The van der Waals surface area contributed by atoms with E-state index in [2.05, 4.69) is 43.8 Å². The van der Waals surface area contributed by atoms with E-state index in [0.717, 1.165) is 57.2 Å². The van der Waals surface area contributed by atoms with E-state index in [9.17, 15) is 0 Å². The van der Waals surface area contributed by atoms with Crippen LogP contribution in [-0.4, -0.2) is 58.3 Å². The maximum absolute atomic E-state index is 5.13. The van der Waals surface area contributed by atoms with Gasteiger partial charge in [0.25, 0.3) is 0 Å². The fourth-order valence-corrected chi connectivity index (χ4v) is 4.07. The molecular formula is C36H36N6O4Os. The molecule has 6 heterocycles. The molecule has 0 N–H and O–H groups in total. The van der Waals surface area contributed by atoms with Crippen molar-refractivity contribution in [3.05, 3.63) is 121 Å². The van der Waals surface area contributed by atoms with Crippen LogP contribution in [0.3, 0.4) is 0 Å². The van der Waals surface area contributed by atoms with E-state index in [1.165, 1.54) is 11.1 Å². The molecule has 6 aromatic rings. The van der Waals surface area contributed by atoms with E-state index in [1.807, 2.05) is 60.9 Å². The topological polar surface area (TPSA) is 114 Å². The van der Waals surface area contributed by atoms with E-state index >= 15 is 0 Å². The molecule has 0 fully saturated rings. The average molecular weight is 807 g/mol. The van der Waals surface area contributed by atoms with Gasteiger partial charge in [-0.05, 0) is 73.5 Å². The second kappa shape index (κ2) is 18.6. The molecule has 0 aliphatic rings. The first-order valence-electron chi connectivity index (χ1n) is 14.3. The van der Waals surface area contributed by atoms with Gasteiger partial charge in [0, 0.05) is 81.2 Å². The van der Waals surface area contributed by atoms with Crippen molar-refractivity contribution in [2.45, 2.75) is 13.8 Å². The van der Waals surface area contributed by atoms with Gasteiger partial charge in [-0.1, -0.05) is 0 Å². The smallest absolute Gasteiger partial charge is 0.122 e. The predicted octanol–water partition coefficient (Wildman–Crippen LogP) is 7.08. The molecule has 6 aromatic heterocycles. The maximum Gasteiger partial charge on any atom is 0.122 e. The van der Waals surface area contributed by atoms with Crippen LogP contribution < -0.4 is 18.9 Å². The van der Waals surface area contributed by atoms with Gasteiger partial charge in [-0.25, -0.2) is 0 Å². The number of methoxy groups -OCH3 is 4. The monoisotopic (exact) mass is 808 g/mol. The third-order valence-corrected chi connectivity index (χ3v) is 6.49. The zero-order chi connectivity index (χ0) is 32.7. The molecule has 10 nitrogen and oxygen atoms in total. The van der Waals surface area contributed by atoms with Crippen LogP contribution in [0.1, 0.15) is 11.1 Å². The number of rotatable bonds is 7. The molecule has 0 aliphatic heterocycles. The minimum atomic E-state index is 0. The molecule has 0 saturated heterocycles. The fraction of sp³-hybridized carbons (Fsp3) is 0.167. The van der Waals surface area contributed by atoms with E-state index in [4.69, 9.17) is 18.9 Å². The Morgan fingerprint density at radius 1 is 0.340 bits per heavy atom. The Morgan fingerprint density at radius 2 is 0.553 bits per heavy atom. The van der Waals surface area contributed by atoms with Crippen molar-refractivity contribution in [3.63, 3.8) is 0 Å². The van der Waals surface area contributed by atoms with Gasteiger partial charge in [0.15, 0.2) is 0 Å². The maximum atomic E-state index is 5.13. The summed E-state index contributed by atoms with van der Waals surface area (Å²) >= 11 is 0. The summed E-state index contributed by atoms with van der Waals surface area (Å²) in [6.07, 6.45) is 10.4. The molecule has 47 heavy (non-hydrogen) atoms. The van der Waals surface area contributed by atoms with Crippen LogP contribution in [0.25, 0.3) is 34.2 Å². The molecule has 0 spiro atoms. The Balaban J connectivity index is 0.000000190. The van der Waals surface area contributed by atoms with Crippen molar-refractivity contribution >= 4 is 0 Å². The number of hydrogen-bond donors (Lipinski definition) is 0. The van der Waals surface area contributed by atoms with Crippen molar-refractivity contribution in [1.29, 1.82) is 0 Å². The van der Waals surface area contributed by atoms with Crippen LogP contribution in [0.15, 0.2) is 110 Å². The predicted molar refractivity (Wildman–Crippen MR) is 178 cm³/mol. The summed E-state index contributed by atoms with van der Waals surface area (Å²) < 4.78 is 20.5. The van der Waals surface area contributed by atoms with Crippen molar-refractivity contribution in [2.75, 3.05) is 28.4 Å². The Labute approximate surface area is 288 Å². The average Bonchev–Trinajstić information content (AvgIpc) is 3.12. The number of aryl methyl sites for hydroxylation is 2. The molecule has 6 rings (SSSR count). The van der Waals surface area contributed by atoms with Crippen molar-refractivity contribution in [1.82, 2.24) is 29.9 Å². The molecule has 0 unspecified atom stereocenters. The molecule has 0 saturated carbocycles. The number of aromatic nitrogens is 6. The van der Waals surface area contributed by atoms with Gasteiger partial charge in [-0.2, -0.15) is 0 Å². The quantitative estimate of drug-likeness (QED) is 0.166. The molecular weight excluding hydrogens is 771 g/mol. The van der Waals surface area contributed by atoms with Crippen LogP contribution in [0.4, 0.5) is 0 Å². The molecule has 0 radical (unpaired) electrons. The second-order valence-electron chi connectivity index (χ2n) is 9.76. The van der Waals surface area contributed by atoms with E-state index < -0.39 is 0 Å². The summed E-state index contributed by atoms with van der Waals surface area (Å²) in [4.78, 5) is 25.5. The minimum absolute atomic E-state index is 0. The van der Waals surface area contributed by atoms with Crippen LogP contribution in [0.2, 0.25) is 0 Å². The fourth-order valence-electron chi connectivity index (χ4n) is 4.07. The van der Waals surface area contributed by atoms with Crippen molar-refractivity contribution in [3.8, 4) is 57.2 Å². The largest absolute Gasteiger partial charge is 0.497 e. The molecule has 0 aliphatic carbocycles. The van der Waals surface area contributed by atoms with E-state index in [-0.39, 0.29) is 19.8 Å². The summed E-state index contributed by atoms with van der Waals surface area (Å²) in [6, 6.07) is 22.6. The van der Waals surface area contributed by atoms with Crippen LogP contribution in [-0.2, 0) is 19.8 Å². The summed E-state index contributed by atoms with van der Waals surface area (Å²) in [5.74, 6) is 3.04. The third-order valence-electron chi connectivity index (χ3n) is 6.49.